The van der Waals surface area contributed by atoms with Crippen molar-refractivity contribution in [3.8, 4) is 5.75 Å². The van der Waals surface area contributed by atoms with Gasteiger partial charge in [0, 0.05) is 15.4 Å². The highest BCUT2D eigenvalue weighted by Crippen LogP contribution is 2.31. The maximum Gasteiger partial charge on any atom is 0.293 e. The number of rotatable bonds is 4. The van der Waals surface area contributed by atoms with E-state index in [1.54, 1.807) is 0 Å². The first kappa shape index (κ1) is 17.1. The Hall–Kier alpha value is -2.38. The predicted octanol–water partition coefficient (Wildman–Crippen LogP) is 5.76. The van der Waals surface area contributed by atoms with E-state index in [0.717, 1.165) is 31.4 Å². The molecule has 7 heteroatoms. The SMILES string of the molecule is CCOc1ccc2nc(NC(=O)c3oc4cc(Br)ccc4c3C)sc2c1. The molecule has 0 aliphatic rings. The fraction of sp³-hybridized carbons (Fsp3) is 0.158. The molecule has 0 aliphatic carbocycles. The molecule has 0 spiro atoms. The highest BCUT2D eigenvalue weighted by atomic mass is 79.9. The number of carbonyl (C=O) groups excluding carboxylic acids is 1. The number of nitrogens with one attached hydrogen (secondary N) is 1. The second-order valence-electron chi connectivity index (χ2n) is 5.73. The molecule has 26 heavy (non-hydrogen) atoms. The van der Waals surface area contributed by atoms with Gasteiger partial charge in [-0.3, -0.25) is 10.1 Å². The Bertz CT molecular complexity index is 1130. The first-order chi connectivity index (χ1) is 12.5. The molecule has 0 unspecified atom stereocenters. The van der Waals surface area contributed by atoms with Gasteiger partial charge in [0.25, 0.3) is 5.91 Å². The number of ether oxygens (including phenoxy) is 1. The summed E-state index contributed by atoms with van der Waals surface area (Å²) in [5, 5.41) is 4.29. The van der Waals surface area contributed by atoms with Gasteiger partial charge in [0.1, 0.15) is 11.3 Å². The molecule has 2 heterocycles. The number of fused-ring (bicyclic) bond motifs is 2. The molecule has 0 atom stereocenters. The molecule has 0 fully saturated rings. The van der Waals surface area contributed by atoms with Crippen LogP contribution in [0.1, 0.15) is 23.0 Å². The molecule has 0 radical (unpaired) electrons. The Labute approximate surface area is 162 Å². The fourth-order valence-corrected chi connectivity index (χ4v) is 4.01. The molecule has 2 aromatic carbocycles. The first-order valence-corrected chi connectivity index (χ1v) is 9.69. The van der Waals surface area contributed by atoms with Crippen molar-refractivity contribution in [3.05, 3.63) is 52.2 Å². The van der Waals surface area contributed by atoms with Gasteiger partial charge in [-0.05, 0) is 50.2 Å². The van der Waals surface area contributed by atoms with Crippen LogP contribution in [0.25, 0.3) is 21.2 Å². The number of nitrogens with zero attached hydrogens (tertiary/aromatic N) is 1. The van der Waals surface area contributed by atoms with Crippen molar-refractivity contribution < 1.29 is 13.9 Å². The van der Waals surface area contributed by atoms with Gasteiger partial charge < -0.3 is 9.15 Å². The number of carbonyl (C=O) groups is 1. The molecule has 0 saturated heterocycles. The summed E-state index contributed by atoms with van der Waals surface area (Å²) in [5.41, 5.74) is 2.30. The molecule has 0 saturated carbocycles. The van der Waals surface area contributed by atoms with Crippen molar-refractivity contribution in [1.29, 1.82) is 0 Å². The number of thiazole rings is 1. The highest BCUT2D eigenvalue weighted by Gasteiger charge is 2.19. The third-order valence-electron chi connectivity index (χ3n) is 4.00. The summed E-state index contributed by atoms with van der Waals surface area (Å²) in [6.45, 7) is 4.42. The van der Waals surface area contributed by atoms with Crippen LogP contribution in [0.15, 0.2) is 45.3 Å². The van der Waals surface area contributed by atoms with Gasteiger partial charge in [-0.25, -0.2) is 4.98 Å². The van der Waals surface area contributed by atoms with Crippen LogP contribution in [0.3, 0.4) is 0 Å². The minimum Gasteiger partial charge on any atom is -0.494 e. The fourth-order valence-electron chi connectivity index (χ4n) is 2.78. The van der Waals surface area contributed by atoms with E-state index in [1.807, 2.05) is 50.2 Å². The maximum absolute atomic E-state index is 12.7. The summed E-state index contributed by atoms with van der Waals surface area (Å²) >= 11 is 4.82. The summed E-state index contributed by atoms with van der Waals surface area (Å²) in [4.78, 5) is 17.1. The van der Waals surface area contributed by atoms with Crippen molar-refractivity contribution in [2.45, 2.75) is 13.8 Å². The number of furan rings is 1. The van der Waals surface area contributed by atoms with Gasteiger partial charge in [0.2, 0.25) is 0 Å². The van der Waals surface area contributed by atoms with Crippen LogP contribution in [0.5, 0.6) is 5.75 Å². The third-order valence-corrected chi connectivity index (χ3v) is 5.42. The molecular weight excluding hydrogens is 416 g/mol. The number of halogens is 1. The van der Waals surface area contributed by atoms with Crippen molar-refractivity contribution >= 4 is 59.5 Å². The number of aromatic nitrogens is 1. The number of anilines is 1. The highest BCUT2D eigenvalue weighted by molar-refractivity contribution is 9.10. The van der Waals surface area contributed by atoms with Gasteiger partial charge in [0.15, 0.2) is 10.9 Å². The number of hydrogen-bond donors (Lipinski definition) is 1. The molecule has 4 rings (SSSR count). The zero-order chi connectivity index (χ0) is 18.3. The lowest BCUT2D eigenvalue weighted by Gasteiger charge is -2.00. The average molecular weight is 431 g/mol. The normalized spacial score (nSPS) is 11.2. The minimum atomic E-state index is -0.307. The molecule has 0 bridgehead atoms. The van der Waals surface area contributed by atoms with E-state index < -0.39 is 0 Å². The van der Waals surface area contributed by atoms with Gasteiger partial charge in [0.05, 0.1) is 16.8 Å². The van der Waals surface area contributed by atoms with Crippen LogP contribution in [-0.4, -0.2) is 17.5 Å². The zero-order valence-electron chi connectivity index (χ0n) is 14.1. The van der Waals surface area contributed by atoms with E-state index in [2.05, 4.69) is 26.2 Å². The lowest BCUT2D eigenvalue weighted by molar-refractivity contribution is 0.0998. The molecule has 1 amide bonds. The van der Waals surface area contributed by atoms with Crippen LogP contribution < -0.4 is 10.1 Å². The Morgan fingerprint density at radius 2 is 2.15 bits per heavy atom. The molecule has 5 nitrogen and oxygen atoms in total. The van der Waals surface area contributed by atoms with Crippen molar-refractivity contribution in [2.75, 3.05) is 11.9 Å². The molecular formula is C19H15BrN2O3S. The van der Waals surface area contributed by atoms with Crippen LogP contribution in [0.4, 0.5) is 5.13 Å². The smallest absolute Gasteiger partial charge is 0.293 e. The summed E-state index contributed by atoms with van der Waals surface area (Å²) in [7, 11) is 0. The number of amides is 1. The van der Waals surface area contributed by atoms with E-state index in [4.69, 9.17) is 9.15 Å². The Morgan fingerprint density at radius 1 is 1.31 bits per heavy atom. The minimum absolute atomic E-state index is 0.298. The molecule has 132 valence electrons. The largest absolute Gasteiger partial charge is 0.494 e. The third kappa shape index (κ3) is 3.08. The number of aryl methyl sites for hydroxylation is 1. The Balaban J connectivity index is 1.63. The van der Waals surface area contributed by atoms with E-state index >= 15 is 0 Å². The Kier molecular flexibility index (Phi) is 4.42. The summed E-state index contributed by atoms with van der Waals surface area (Å²) in [6, 6.07) is 11.4. The van der Waals surface area contributed by atoms with Crippen molar-refractivity contribution in [1.82, 2.24) is 4.98 Å². The maximum atomic E-state index is 12.7. The van der Waals surface area contributed by atoms with Crippen LogP contribution in [0, 0.1) is 6.92 Å². The van der Waals surface area contributed by atoms with Gasteiger partial charge >= 0.3 is 0 Å². The zero-order valence-corrected chi connectivity index (χ0v) is 16.5. The lowest BCUT2D eigenvalue weighted by Crippen LogP contribution is -2.11. The van der Waals surface area contributed by atoms with E-state index in [-0.39, 0.29) is 5.91 Å². The first-order valence-electron chi connectivity index (χ1n) is 8.08. The van der Waals surface area contributed by atoms with Gasteiger partial charge in [-0.2, -0.15) is 0 Å². The van der Waals surface area contributed by atoms with E-state index in [9.17, 15) is 4.79 Å². The molecule has 4 aromatic rings. The lowest BCUT2D eigenvalue weighted by atomic mass is 10.1. The van der Waals surface area contributed by atoms with Crippen LogP contribution in [-0.2, 0) is 0 Å². The van der Waals surface area contributed by atoms with E-state index in [0.29, 0.717) is 23.1 Å². The second-order valence-corrected chi connectivity index (χ2v) is 7.68. The van der Waals surface area contributed by atoms with Crippen molar-refractivity contribution in [2.24, 2.45) is 0 Å². The molecule has 2 aromatic heterocycles. The number of benzene rings is 2. The summed E-state index contributed by atoms with van der Waals surface area (Å²) in [6.07, 6.45) is 0. The predicted molar refractivity (Wildman–Crippen MR) is 107 cm³/mol. The van der Waals surface area contributed by atoms with Crippen molar-refractivity contribution in [3.63, 3.8) is 0 Å². The van der Waals surface area contributed by atoms with Gasteiger partial charge in [-0.15, -0.1) is 0 Å². The quantitative estimate of drug-likeness (QED) is 0.446. The second kappa shape index (κ2) is 6.74. The average Bonchev–Trinajstić information content (AvgIpc) is 3.15. The number of hydrogen-bond acceptors (Lipinski definition) is 5. The van der Waals surface area contributed by atoms with Crippen LogP contribution >= 0.6 is 27.3 Å². The summed E-state index contributed by atoms with van der Waals surface area (Å²) in [5.74, 6) is 0.784. The van der Waals surface area contributed by atoms with Crippen LogP contribution in [0.2, 0.25) is 0 Å². The van der Waals surface area contributed by atoms with Gasteiger partial charge in [-0.1, -0.05) is 27.3 Å². The standard InChI is InChI=1S/C19H15BrN2O3S/c1-3-24-12-5-7-14-16(9-12)26-19(21-14)22-18(23)17-10(2)13-6-4-11(20)8-15(13)25-17/h4-9H,3H2,1-2H3,(H,21,22,23). The molecule has 0 aliphatic heterocycles. The molecule has 1 N–H and O–H groups in total. The van der Waals surface area contributed by atoms with E-state index in [1.165, 1.54) is 11.3 Å². The Morgan fingerprint density at radius 3 is 2.96 bits per heavy atom. The topological polar surface area (TPSA) is 64.4 Å². The summed E-state index contributed by atoms with van der Waals surface area (Å²) < 4.78 is 13.1. The monoisotopic (exact) mass is 430 g/mol.